The topological polar surface area (TPSA) is 29.1 Å². The molecule has 2 nitrogen and oxygen atoms in total. The Labute approximate surface area is 80.0 Å². The minimum absolute atomic E-state index is 0.00463. The van der Waals surface area contributed by atoms with E-state index in [2.05, 4.69) is 36.5 Å². The minimum atomic E-state index is 0.00463. The molecule has 0 aliphatic carbocycles. The van der Waals surface area contributed by atoms with E-state index in [1.54, 1.807) is 7.05 Å². The lowest BCUT2D eigenvalue weighted by molar-refractivity contribution is -0.118. The van der Waals surface area contributed by atoms with Gasteiger partial charge in [0.15, 0.2) is 0 Å². The molecule has 0 saturated heterocycles. The fourth-order valence-corrected chi connectivity index (χ4v) is 0.714. The molecule has 0 fully saturated rings. The Balaban J connectivity index is 0.000000252. The first kappa shape index (κ1) is 11.7. The van der Waals surface area contributed by atoms with E-state index >= 15 is 0 Å². The van der Waals surface area contributed by atoms with E-state index in [-0.39, 0.29) is 5.91 Å². The molecular weight excluding hydrogens is 162 g/mol. The van der Waals surface area contributed by atoms with Crippen molar-refractivity contribution in [3.05, 3.63) is 35.9 Å². The number of carbonyl (C=O) groups excluding carboxylic acids is 1. The van der Waals surface area contributed by atoms with Crippen LogP contribution in [0.5, 0.6) is 0 Å². The zero-order chi connectivity index (χ0) is 10.1. The van der Waals surface area contributed by atoms with Crippen molar-refractivity contribution in [1.82, 2.24) is 5.32 Å². The predicted molar refractivity (Wildman–Crippen MR) is 55.6 cm³/mol. The SMILES string of the molecule is CCc1ccccc1.CNC(C)=O. The normalized spacial score (nSPS) is 8.23. The van der Waals surface area contributed by atoms with Gasteiger partial charge in [-0.2, -0.15) is 0 Å². The summed E-state index contributed by atoms with van der Waals surface area (Å²) in [5, 5.41) is 2.39. The first-order valence-electron chi connectivity index (χ1n) is 4.43. The minimum Gasteiger partial charge on any atom is -0.359 e. The summed E-state index contributed by atoms with van der Waals surface area (Å²) in [4.78, 5) is 9.70. The second-order valence-electron chi connectivity index (χ2n) is 2.65. The van der Waals surface area contributed by atoms with Crippen molar-refractivity contribution in [1.29, 1.82) is 0 Å². The van der Waals surface area contributed by atoms with Crippen LogP contribution >= 0.6 is 0 Å². The van der Waals surface area contributed by atoms with Gasteiger partial charge in [-0.25, -0.2) is 0 Å². The van der Waals surface area contributed by atoms with Gasteiger partial charge >= 0.3 is 0 Å². The number of benzene rings is 1. The van der Waals surface area contributed by atoms with Gasteiger partial charge in [-0.05, 0) is 12.0 Å². The highest BCUT2D eigenvalue weighted by Crippen LogP contribution is 1.96. The van der Waals surface area contributed by atoms with Crippen molar-refractivity contribution < 1.29 is 4.79 Å². The van der Waals surface area contributed by atoms with Crippen LogP contribution in [0.4, 0.5) is 0 Å². The molecule has 1 rings (SSSR count). The van der Waals surface area contributed by atoms with Crippen LogP contribution in [-0.2, 0) is 11.2 Å². The van der Waals surface area contributed by atoms with Crippen molar-refractivity contribution in [2.24, 2.45) is 0 Å². The number of hydrogen-bond donors (Lipinski definition) is 1. The molecule has 0 aliphatic rings. The van der Waals surface area contributed by atoms with E-state index < -0.39 is 0 Å². The van der Waals surface area contributed by atoms with E-state index in [0.29, 0.717) is 0 Å². The fourth-order valence-electron chi connectivity index (χ4n) is 0.714. The van der Waals surface area contributed by atoms with Gasteiger partial charge in [0.05, 0.1) is 0 Å². The van der Waals surface area contributed by atoms with Gasteiger partial charge in [-0.1, -0.05) is 37.3 Å². The van der Waals surface area contributed by atoms with Crippen LogP contribution in [-0.4, -0.2) is 13.0 Å². The van der Waals surface area contributed by atoms with Gasteiger partial charge in [-0.15, -0.1) is 0 Å². The Morgan fingerprint density at radius 3 is 2.00 bits per heavy atom. The molecule has 0 aromatic heterocycles. The Bertz CT molecular complexity index is 231. The summed E-state index contributed by atoms with van der Waals surface area (Å²) in [6.45, 7) is 3.63. The number of aryl methyl sites for hydroxylation is 1. The Morgan fingerprint density at radius 2 is 1.77 bits per heavy atom. The summed E-state index contributed by atoms with van der Waals surface area (Å²) >= 11 is 0. The van der Waals surface area contributed by atoms with Crippen LogP contribution in [0.3, 0.4) is 0 Å². The predicted octanol–water partition coefficient (Wildman–Crippen LogP) is 2.00. The maximum absolute atomic E-state index is 9.70. The van der Waals surface area contributed by atoms with Crippen molar-refractivity contribution in [3.63, 3.8) is 0 Å². The molecule has 0 aliphatic heterocycles. The number of carbonyl (C=O) groups is 1. The van der Waals surface area contributed by atoms with E-state index in [9.17, 15) is 4.79 Å². The molecular formula is C11H17NO. The molecule has 13 heavy (non-hydrogen) atoms. The van der Waals surface area contributed by atoms with E-state index in [1.165, 1.54) is 12.5 Å². The summed E-state index contributed by atoms with van der Waals surface area (Å²) < 4.78 is 0. The summed E-state index contributed by atoms with van der Waals surface area (Å²) in [6, 6.07) is 10.5. The lowest BCUT2D eigenvalue weighted by Gasteiger charge is -1.89. The monoisotopic (exact) mass is 179 g/mol. The Hall–Kier alpha value is -1.31. The second-order valence-corrected chi connectivity index (χ2v) is 2.65. The third-order valence-electron chi connectivity index (χ3n) is 1.60. The summed E-state index contributed by atoms with van der Waals surface area (Å²) in [5.74, 6) is 0.00463. The summed E-state index contributed by atoms with van der Waals surface area (Å²) in [7, 11) is 1.60. The van der Waals surface area contributed by atoms with Crippen molar-refractivity contribution in [2.45, 2.75) is 20.3 Å². The molecule has 72 valence electrons. The molecule has 1 aromatic rings. The van der Waals surface area contributed by atoms with Crippen molar-refractivity contribution in [3.8, 4) is 0 Å². The molecule has 0 atom stereocenters. The third kappa shape index (κ3) is 7.06. The maximum atomic E-state index is 9.70. The molecule has 0 bridgehead atoms. The average Bonchev–Trinajstić information content (AvgIpc) is 2.20. The van der Waals surface area contributed by atoms with Crippen LogP contribution in [0, 0.1) is 0 Å². The molecule has 1 N–H and O–H groups in total. The van der Waals surface area contributed by atoms with E-state index in [4.69, 9.17) is 0 Å². The number of rotatable bonds is 1. The quantitative estimate of drug-likeness (QED) is 0.702. The molecule has 1 amide bonds. The number of hydrogen-bond acceptors (Lipinski definition) is 1. The summed E-state index contributed by atoms with van der Waals surface area (Å²) in [5.41, 5.74) is 1.41. The van der Waals surface area contributed by atoms with Gasteiger partial charge in [0.2, 0.25) is 5.91 Å². The lowest BCUT2D eigenvalue weighted by atomic mass is 10.2. The molecule has 0 heterocycles. The van der Waals surface area contributed by atoms with Gasteiger partial charge in [-0.3, -0.25) is 4.79 Å². The Kier molecular flexibility index (Phi) is 6.60. The highest BCUT2D eigenvalue weighted by atomic mass is 16.1. The third-order valence-corrected chi connectivity index (χ3v) is 1.60. The van der Waals surface area contributed by atoms with Crippen LogP contribution in [0.2, 0.25) is 0 Å². The van der Waals surface area contributed by atoms with Gasteiger partial charge in [0, 0.05) is 14.0 Å². The van der Waals surface area contributed by atoms with Crippen LogP contribution in [0.1, 0.15) is 19.4 Å². The molecule has 0 spiro atoms. The first-order valence-corrected chi connectivity index (χ1v) is 4.43. The van der Waals surface area contributed by atoms with Gasteiger partial charge in [0.25, 0.3) is 0 Å². The van der Waals surface area contributed by atoms with Crippen LogP contribution in [0.25, 0.3) is 0 Å². The second kappa shape index (κ2) is 7.35. The highest BCUT2D eigenvalue weighted by molar-refractivity contribution is 5.72. The van der Waals surface area contributed by atoms with Crippen molar-refractivity contribution >= 4 is 5.91 Å². The largest absolute Gasteiger partial charge is 0.359 e. The number of nitrogens with one attached hydrogen (secondary N) is 1. The van der Waals surface area contributed by atoms with Gasteiger partial charge < -0.3 is 5.32 Å². The van der Waals surface area contributed by atoms with E-state index in [0.717, 1.165) is 6.42 Å². The fraction of sp³-hybridized carbons (Fsp3) is 0.364. The van der Waals surface area contributed by atoms with Crippen LogP contribution < -0.4 is 5.32 Å². The van der Waals surface area contributed by atoms with Crippen molar-refractivity contribution in [2.75, 3.05) is 7.05 Å². The molecule has 0 radical (unpaired) electrons. The smallest absolute Gasteiger partial charge is 0.216 e. The first-order chi connectivity index (χ1) is 6.20. The summed E-state index contributed by atoms with van der Waals surface area (Å²) in [6.07, 6.45) is 1.14. The maximum Gasteiger partial charge on any atom is 0.216 e. The zero-order valence-corrected chi connectivity index (χ0v) is 8.50. The lowest BCUT2D eigenvalue weighted by Crippen LogP contribution is -2.11. The zero-order valence-electron chi connectivity index (χ0n) is 8.50. The highest BCUT2D eigenvalue weighted by Gasteiger charge is 1.79. The number of amides is 1. The molecule has 1 aromatic carbocycles. The van der Waals surface area contributed by atoms with E-state index in [1.807, 2.05) is 6.07 Å². The average molecular weight is 179 g/mol. The molecule has 2 heteroatoms. The van der Waals surface area contributed by atoms with Crippen LogP contribution in [0.15, 0.2) is 30.3 Å². The standard InChI is InChI=1S/C8H10.C3H7NO/c1-2-8-6-4-3-5-7-8;1-3(5)4-2/h3-7H,2H2,1H3;1-2H3,(H,4,5). The molecule has 0 unspecified atom stereocenters. The molecule has 0 saturated carbocycles. The Morgan fingerprint density at radius 1 is 1.31 bits per heavy atom. The van der Waals surface area contributed by atoms with Gasteiger partial charge in [0.1, 0.15) is 0 Å².